The maximum Gasteiger partial charge on any atom is 0.0580 e. The van der Waals surface area contributed by atoms with Gasteiger partial charge in [0.05, 0.1) is 18.3 Å². The predicted octanol–water partition coefficient (Wildman–Crippen LogP) is 2.22. The highest BCUT2D eigenvalue weighted by Gasteiger charge is 2.33. The molecule has 0 saturated heterocycles. The number of ether oxygens (including phenoxy) is 2. The summed E-state index contributed by atoms with van der Waals surface area (Å²) in [6, 6.07) is 0. The molecule has 1 rings (SSSR count). The molecule has 1 aliphatic carbocycles. The summed E-state index contributed by atoms with van der Waals surface area (Å²) in [7, 11) is 1.79. The van der Waals surface area contributed by atoms with Gasteiger partial charge in [0.15, 0.2) is 0 Å². The monoisotopic (exact) mass is 172 g/mol. The Balaban J connectivity index is 2.14. The highest BCUT2D eigenvalue weighted by atomic mass is 16.5. The first kappa shape index (κ1) is 10.0. The van der Waals surface area contributed by atoms with Gasteiger partial charge in [-0.1, -0.05) is 0 Å². The minimum atomic E-state index is 0.349. The van der Waals surface area contributed by atoms with Crippen molar-refractivity contribution >= 4 is 0 Å². The summed E-state index contributed by atoms with van der Waals surface area (Å²) in [5.41, 5.74) is 0. The van der Waals surface area contributed by atoms with Crippen molar-refractivity contribution in [2.75, 3.05) is 7.11 Å². The summed E-state index contributed by atoms with van der Waals surface area (Å²) < 4.78 is 10.9. The molecule has 0 aromatic carbocycles. The van der Waals surface area contributed by atoms with E-state index in [1.54, 1.807) is 7.11 Å². The summed E-state index contributed by atoms with van der Waals surface area (Å²) in [5.74, 6) is 0.720. The van der Waals surface area contributed by atoms with Gasteiger partial charge < -0.3 is 9.47 Å². The van der Waals surface area contributed by atoms with Crippen LogP contribution >= 0.6 is 0 Å². The number of methoxy groups -OCH3 is 1. The lowest BCUT2D eigenvalue weighted by Gasteiger charge is -2.38. The van der Waals surface area contributed by atoms with Crippen molar-refractivity contribution in [3.8, 4) is 0 Å². The molecule has 0 radical (unpaired) electrons. The highest BCUT2D eigenvalue weighted by Crippen LogP contribution is 2.33. The Morgan fingerprint density at radius 2 is 1.75 bits per heavy atom. The number of hydrogen-bond acceptors (Lipinski definition) is 2. The fraction of sp³-hybridized carbons (Fsp3) is 1.00. The van der Waals surface area contributed by atoms with Crippen LogP contribution in [-0.2, 0) is 9.47 Å². The molecule has 1 fully saturated rings. The van der Waals surface area contributed by atoms with Gasteiger partial charge in [0, 0.05) is 7.11 Å². The van der Waals surface area contributed by atoms with Gasteiger partial charge in [-0.15, -0.1) is 0 Å². The van der Waals surface area contributed by atoms with E-state index in [9.17, 15) is 0 Å². The fourth-order valence-electron chi connectivity index (χ4n) is 1.72. The van der Waals surface area contributed by atoms with Crippen LogP contribution in [0.15, 0.2) is 0 Å². The third-order valence-corrected chi connectivity index (χ3v) is 2.62. The molecule has 0 N–H and O–H groups in total. The second kappa shape index (κ2) is 4.24. The van der Waals surface area contributed by atoms with Gasteiger partial charge in [-0.2, -0.15) is 0 Å². The maximum absolute atomic E-state index is 5.69. The lowest BCUT2D eigenvalue weighted by atomic mass is 9.79. The van der Waals surface area contributed by atoms with E-state index in [2.05, 4.69) is 20.8 Å². The largest absolute Gasteiger partial charge is 0.381 e. The van der Waals surface area contributed by atoms with Crippen molar-refractivity contribution in [1.82, 2.24) is 0 Å². The van der Waals surface area contributed by atoms with Crippen molar-refractivity contribution < 1.29 is 9.47 Å². The van der Waals surface area contributed by atoms with E-state index in [0.29, 0.717) is 18.3 Å². The third-order valence-electron chi connectivity index (χ3n) is 2.62. The van der Waals surface area contributed by atoms with Gasteiger partial charge in [-0.3, -0.25) is 0 Å². The second-order valence-corrected chi connectivity index (χ2v) is 3.98. The standard InChI is InChI=1S/C10H20O2/c1-7(2)12-8(3)9-5-10(6-9)11-4/h7-10H,5-6H2,1-4H3/t8-,9?,10?/m1/s1. The molecule has 0 aromatic rings. The second-order valence-electron chi connectivity index (χ2n) is 3.98. The van der Waals surface area contributed by atoms with E-state index >= 15 is 0 Å². The molecule has 0 bridgehead atoms. The normalized spacial score (nSPS) is 31.8. The number of hydrogen-bond donors (Lipinski definition) is 0. The van der Waals surface area contributed by atoms with Crippen LogP contribution in [0.1, 0.15) is 33.6 Å². The molecule has 1 saturated carbocycles. The van der Waals surface area contributed by atoms with Crippen molar-refractivity contribution in [3.63, 3.8) is 0 Å². The topological polar surface area (TPSA) is 18.5 Å². The van der Waals surface area contributed by atoms with Crippen LogP contribution in [-0.4, -0.2) is 25.4 Å². The number of rotatable bonds is 4. The Bertz CT molecular complexity index is 128. The zero-order valence-electron chi connectivity index (χ0n) is 8.54. The van der Waals surface area contributed by atoms with Crippen molar-refractivity contribution in [2.24, 2.45) is 5.92 Å². The van der Waals surface area contributed by atoms with Crippen LogP contribution in [0.25, 0.3) is 0 Å². The zero-order chi connectivity index (χ0) is 9.14. The fourth-order valence-corrected chi connectivity index (χ4v) is 1.72. The smallest absolute Gasteiger partial charge is 0.0580 e. The molecule has 2 nitrogen and oxygen atoms in total. The lowest BCUT2D eigenvalue weighted by molar-refractivity contribution is -0.0867. The molecule has 72 valence electrons. The molecule has 12 heavy (non-hydrogen) atoms. The molecule has 1 aliphatic rings. The van der Waals surface area contributed by atoms with Gasteiger partial charge in [-0.05, 0) is 39.5 Å². The first-order valence-electron chi connectivity index (χ1n) is 4.81. The Morgan fingerprint density at radius 3 is 2.17 bits per heavy atom. The Hall–Kier alpha value is -0.0800. The van der Waals surface area contributed by atoms with E-state index in [0.717, 1.165) is 5.92 Å². The van der Waals surface area contributed by atoms with Gasteiger partial charge in [0.1, 0.15) is 0 Å². The Labute approximate surface area is 75.2 Å². The third kappa shape index (κ3) is 2.46. The molecule has 0 aliphatic heterocycles. The molecule has 0 amide bonds. The molecular weight excluding hydrogens is 152 g/mol. The molecule has 0 aromatic heterocycles. The van der Waals surface area contributed by atoms with E-state index in [-0.39, 0.29) is 0 Å². The van der Waals surface area contributed by atoms with Crippen LogP contribution in [0.2, 0.25) is 0 Å². The predicted molar refractivity (Wildman–Crippen MR) is 49.2 cm³/mol. The molecule has 0 unspecified atom stereocenters. The molecule has 0 spiro atoms. The minimum absolute atomic E-state index is 0.349. The summed E-state index contributed by atoms with van der Waals surface area (Å²) in [6.07, 6.45) is 3.58. The van der Waals surface area contributed by atoms with Crippen LogP contribution in [0.3, 0.4) is 0 Å². The zero-order valence-corrected chi connectivity index (χ0v) is 8.54. The van der Waals surface area contributed by atoms with Crippen LogP contribution in [0, 0.1) is 5.92 Å². The SMILES string of the molecule is COC1CC([C@@H](C)OC(C)C)C1. The maximum atomic E-state index is 5.69. The summed E-state index contributed by atoms with van der Waals surface area (Å²) in [6.45, 7) is 6.34. The van der Waals surface area contributed by atoms with Crippen molar-refractivity contribution in [3.05, 3.63) is 0 Å². The van der Waals surface area contributed by atoms with Gasteiger partial charge in [0.2, 0.25) is 0 Å². The molecule has 1 atom stereocenters. The van der Waals surface area contributed by atoms with E-state index in [4.69, 9.17) is 9.47 Å². The van der Waals surface area contributed by atoms with Gasteiger partial charge >= 0.3 is 0 Å². The average Bonchev–Trinajstić information content (AvgIpc) is 1.82. The Kier molecular flexibility index (Phi) is 3.53. The first-order valence-corrected chi connectivity index (χ1v) is 4.81. The quantitative estimate of drug-likeness (QED) is 0.647. The van der Waals surface area contributed by atoms with E-state index in [1.165, 1.54) is 12.8 Å². The summed E-state index contributed by atoms with van der Waals surface area (Å²) in [4.78, 5) is 0. The lowest BCUT2D eigenvalue weighted by Crippen LogP contribution is -2.38. The van der Waals surface area contributed by atoms with Crippen LogP contribution < -0.4 is 0 Å². The Morgan fingerprint density at radius 1 is 1.17 bits per heavy atom. The average molecular weight is 172 g/mol. The van der Waals surface area contributed by atoms with Crippen LogP contribution in [0.5, 0.6) is 0 Å². The van der Waals surface area contributed by atoms with Gasteiger partial charge in [-0.25, -0.2) is 0 Å². The van der Waals surface area contributed by atoms with Crippen molar-refractivity contribution in [1.29, 1.82) is 0 Å². The highest BCUT2D eigenvalue weighted by molar-refractivity contribution is 4.84. The molecule has 2 heteroatoms. The summed E-state index contributed by atoms with van der Waals surface area (Å²) >= 11 is 0. The molecule has 0 heterocycles. The van der Waals surface area contributed by atoms with Gasteiger partial charge in [0.25, 0.3) is 0 Å². The van der Waals surface area contributed by atoms with E-state index < -0.39 is 0 Å². The van der Waals surface area contributed by atoms with E-state index in [1.807, 2.05) is 0 Å². The molecular formula is C10H20O2. The first-order chi connectivity index (χ1) is 5.63. The van der Waals surface area contributed by atoms with Crippen LogP contribution in [0.4, 0.5) is 0 Å². The minimum Gasteiger partial charge on any atom is -0.381 e. The summed E-state index contributed by atoms with van der Waals surface area (Å²) in [5, 5.41) is 0. The van der Waals surface area contributed by atoms with Crippen molar-refractivity contribution in [2.45, 2.75) is 51.9 Å².